The van der Waals surface area contributed by atoms with Crippen LogP contribution in [0.5, 0.6) is 28.7 Å². The number of carbonyl (C=O) groups is 2. The molecule has 28 heavy (non-hydrogen) atoms. The van der Waals surface area contributed by atoms with Crippen molar-refractivity contribution in [3.05, 3.63) is 35.4 Å². The number of fused-ring (bicyclic) bond motifs is 1. The van der Waals surface area contributed by atoms with Gasteiger partial charge in [-0.2, -0.15) is 0 Å². The highest BCUT2D eigenvalue weighted by Crippen LogP contribution is 2.40. The van der Waals surface area contributed by atoms with Gasteiger partial charge in [0.15, 0.2) is 23.0 Å². The van der Waals surface area contributed by atoms with Crippen LogP contribution >= 0.6 is 0 Å². The summed E-state index contributed by atoms with van der Waals surface area (Å²) in [4.78, 5) is 24.6. The fourth-order valence-corrected chi connectivity index (χ4v) is 2.78. The number of rotatable bonds is 6. The Kier molecular flexibility index (Phi) is 5.44. The summed E-state index contributed by atoms with van der Waals surface area (Å²) >= 11 is 0. The number of amides is 2. The van der Waals surface area contributed by atoms with Crippen LogP contribution in [0.2, 0.25) is 0 Å². The topological polar surface area (TPSA) is 118 Å². The van der Waals surface area contributed by atoms with E-state index in [1.54, 1.807) is 0 Å². The molecule has 0 unspecified atom stereocenters. The van der Waals surface area contributed by atoms with Crippen LogP contribution in [0, 0.1) is 0 Å². The van der Waals surface area contributed by atoms with Gasteiger partial charge in [0.05, 0.1) is 32.6 Å². The van der Waals surface area contributed by atoms with Gasteiger partial charge in [-0.15, -0.1) is 0 Å². The molecule has 3 rings (SSSR count). The molecule has 0 atom stereocenters. The van der Waals surface area contributed by atoms with Gasteiger partial charge in [-0.25, -0.2) is 0 Å². The molecule has 3 N–H and O–H groups in total. The fraction of sp³-hybridized carbons (Fsp3) is 0.263. The van der Waals surface area contributed by atoms with Crippen LogP contribution in [-0.2, 0) is 0 Å². The van der Waals surface area contributed by atoms with Crippen LogP contribution < -0.4 is 34.7 Å². The highest BCUT2D eigenvalue weighted by molar-refractivity contribution is 6.09. The number of nitrogens with two attached hydrogens (primary N) is 1. The van der Waals surface area contributed by atoms with E-state index in [1.165, 1.54) is 45.6 Å². The Labute approximate surface area is 161 Å². The number of nitrogens with one attached hydrogen (secondary N) is 1. The molecule has 0 saturated carbocycles. The van der Waals surface area contributed by atoms with Gasteiger partial charge in [0.2, 0.25) is 5.75 Å². The van der Waals surface area contributed by atoms with Gasteiger partial charge in [-0.3, -0.25) is 9.59 Å². The van der Waals surface area contributed by atoms with E-state index < -0.39 is 11.8 Å². The molecular formula is C19H20N2O7. The Bertz CT molecular complexity index is 910. The number of methoxy groups -OCH3 is 3. The van der Waals surface area contributed by atoms with Crippen LogP contribution in [-0.4, -0.2) is 46.4 Å². The monoisotopic (exact) mass is 388 g/mol. The number of hydrogen-bond donors (Lipinski definition) is 2. The lowest BCUT2D eigenvalue weighted by atomic mass is 10.1. The average Bonchev–Trinajstić information content (AvgIpc) is 2.72. The van der Waals surface area contributed by atoms with Gasteiger partial charge in [0.25, 0.3) is 11.8 Å². The molecule has 1 aliphatic heterocycles. The second-order valence-corrected chi connectivity index (χ2v) is 5.77. The second kappa shape index (κ2) is 7.95. The molecule has 0 radical (unpaired) electrons. The molecule has 9 heteroatoms. The minimum atomic E-state index is -0.726. The lowest BCUT2D eigenvalue weighted by Crippen LogP contribution is -2.20. The molecule has 0 aliphatic carbocycles. The SMILES string of the molecule is COc1cc(NC(=O)c2cc(OC)c3c(c2)OCCO3)c(C(N)=O)cc1OC. The summed E-state index contributed by atoms with van der Waals surface area (Å²) in [5.74, 6) is 0.635. The number of hydrogen-bond acceptors (Lipinski definition) is 7. The summed E-state index contributed by atoms with van der Waals surface area (Å²) in [5.41, 5.74) is 5.96. The van der Waals surface area contributed by atoms with Crippen LogP contribution in [0.1, 0.15) is 20.7 Å². The molecule has 148 valence electrons. The van der Waals surface area contributed by atoms with E-state index in [1.807, 2.05) is 0 Å². The number of carbonyl (C=O) groups excluding carboxylic acids is 2. The number of ether oxygens (including phenoxy) is 5. The summed E-state index contributed by atoms with van der Waals surface area (Å²) in [5, 5.41) is 2.67. The third kappa shape index (κ3) is 3.59. The molecule has 0 spiro atoms. The number of anilines is 1. The van der Waals surface area contributed by atoms with Crippen molar-refractivity contribution in [2.24, 2.45) is 5.73 Å². The molecule has 0 bridgehead atoms. The van der Waals surface area contributed by atoms with E-state index >= 15 is 0 Å². The minimum Gasteiger partial charge on any atom is -0.493 e. The summed E-state index contributed by atoms with van der Waals surface area (Å²) in [6.45, 7) is 0.755. The van der Waals surface area contributed by atoms with Gasteiger partial charge < -0.3 is 34.7 Å². The minimum absolute atomic E-state index is 0.0792. The Morgan fingerprint density at radius 1 is 0.929 bits per heavy atom. The first-order chi connectivity index (χ1) is 13.5. The Balaban J connectivity index is 1.98. The zero-order chi connectivity index (χ0) is 20.3. The van der Waals surface area contributed by atoms with Gasteiger partial charge in [0.1, 0.15) is 13.2 Å². The van der Waals surface area contributed by atoms with Crippen LogP contribution in [0.4, 0.5) is 5.69 Å². The Hall–Kier alpha value is -3.62. The van der Waals surface area contributed by atoms with Crippen molar-refractivity contribution in [2.45, 2.75) is 0 Å². The van der Waals surface area contributed by atoms with Crippen molar-refractivity contribution < 1.29 is 33.3 Å². The molecule has 2 aromatic carbocycles. The zero-order valence-electron chi connectivity index (χ0n) is 15.7. The smallest absolute Gasteiger partial charge is 0.255 e. The lowest BCUT2D eigenvalue weighted by molar-refractivity contribution is 0.100. The van der Waals surface area contributed by atoms with E-state index in [0.29, 0.717) is 42.0 Å². The van der Waals surface area contributed by atoms with Crippen molar-refractivity contribution in [3.8, 4) is 28.7 Å². The maximum Gasteiger partial charge on any atom is 0.255 e. The molecule has 2 aromatic rings. The van der Waals surface area contributed by atoms with E-state index in [4.69, 9.17) is 29.4 Å². The molecule has 9 nitrogen and oxygen atoms in total. The van der Waals surface area contributed by atoms with E-state index in [9.17, 15) is 9.59 Å². The Morgan fingerprint density at radius 3 is 2.21 bits per heavy atom. The quantitative estimate of drug-likeness (QED) is 0.775. The van der Waals surface area contributed by atoms with Gasteiger partial charge in [-0.05, 0) is 18.2 Å². The van der Waals surface area contributed by atoms with Crippen LogP contribution in [0.15, 0.2) is 24.3 Å². The van der Waals surface area contributed by atoms with Gasteiger partial charge in [-0.1, -0.05) is 0 Å². The standard InChI is InChI=1S/C19H20N2O7/c1-24-13-8-11(18(20)22)12(9-14(13)25-2)21-19(23)10-6-15(26-3)17-16(7-10)27-4-5-28-17/h6-9H,4-5H2,1-3H3,(H2,20,22)(H,21,23). The van der Waals surface area contributed by atoms with Crippen molar-refractivity contribution in [2.75, 3.05) is 39.9 Å². The third-order valence-corrected chi connectivity index (χ3v) is 4.13. The molecule has 1 aliphatic rings. The highest BCUT2D eigenvalue weighted by Gasteiger charge is 2.22. The fourth-order valence-electron chi connectivity index (χ4n) is 2.78. The molecule has 0 aromatic heterocycles. The highest BCUT2D eigenvalue weighted by atomic mass is 16.6. The second-order valence-electron chi connectivity index (χ2n) is 5.77. The van der Waals surface area contributed by atoms with E-state index in [0.717, 1.165) is 0 Å². The average molecular weight is 388 g/mol. The molecular weight excluding hydrogens is 368 g/mol. The molecule has 1 heterocycles. The normalized spacial score (nSPS) is 12.1. The summed E-state index contributed by atoms with van der Waals surface area (Å²) in [6.07, 6.45) is 0. The molecule has 0 saturated heterocycles. The van der Waals surface area contributed by atoms with E-state index in [-0.39, 0.29) is 16.8 Å². The third-order valence-electron chi connectivity index (χ3n) is 4.13. The number of benzene rings is 2. The summed E-state index contributed by atoms with van der Waals surface area (Å²) in [6, 6.07) is 5.93. The maximum absolute atomic E-state index is 12.8. The first kappa shape index (κ1) is 19.2. The Morgan fingerprint density at radius 2 is 1.57 bits per heavy atom. The van der Waals surface area contributed by atoms with Crippen molar-refractivity contribution >= 4 is 17.5 Å². The maximum atomic E-state index is 12.8. The van der Waals surface area contributed by atoms with E-state index in [2.05, 4.69) is 5.32 Å². The number of primary amides is 1. The summed E-state index contributed by atoms with van der Waals surface area (Å²) in [7, 11) is 4.34. The van der Waals surface area contributed by atoms with Crippen LogP contribution in [0.25, 0.3) is 0 Å². The first-order valence-electron chi connectivity index (χ1n) is 8.33. The molecule has 0 fully saturated rings. The van der Waals surface area contributed by atoms with Gasteiger partial charge in [0, 0.05) is 11.6 Å². The molecule has 2 amide bonds. The largest absolute Gasteiger partial charge is 0.493 e. The summed E-state index contributed by atoms with van der Waals surface area (Å²) < 4.78 is 26.8. The zero-order valence-corrected chi connectivity index (χ0v) is 15.7. The van der Waals surface area contributed by atoms with Crippen molar-refractivity contribution in [1.82, 2.24) is 0 Å². The first-order valence-corrected chi connectivity index (χ1v) is 8.33. The van der Waals surface area contributed by atoms with Gasteiger partial charge >= 0.3 is 0 Å². The van der Waals surface area contributed by atoms with Crippen LogP contribution in [0.3, 0.4) is 0 Å². The lowest BCUT2D eigenvalue weighted by Gasteiger charge is -2.21. The predicted molar refractivity (Wildman–Crippen MR) is 100 cm³/mol. The van der Waals surface area contributed by atoms with Crippen molar-refractivity contribution in [3.63, 3.8) is 0 Å². The predicted octanol–water partition coefficient (Wildman–Crippen LogP) is 1.83. The van der Waals surface area contributed by atoms with Crippen molar-refractivity contribution in [1.29, 1.82) is 0 Å².